The van der Waals surface area contributed by atoms with Gasteiger partial charge in [0.05, 0.1) is 29.2 Å². The smallest absolute Gasteiger partial charge is 0.148 e. The molecule has 0 unspecified atom stereocenters. The highest BCUT2D eigenvalue weighted by Crippen LogP contribution is 2.34. The molecule has 5 heterocycles. The minimum Gasteiger partial charge on any atom is -0.482 e. The van der Waals surface area contributed by atoms with Gasteiger partial charge in [-0.2, -0.15) is 15.5 Å². The number of hydrogen-bond donors (Lipinski definition) is 1. The van der Waals surface area contributed by atoms with Gasteiger partial charge in [-0.1, -0.05) is 11.6 Å². The van der Waals surface area contributed by atoms with E-state index in [2.05, 4.69) is 33.1 Å². The summed E-state index contributed by atoms with van der Waals surface area (Å²) < 4.78 is 10.1. The van der Waals surface area contributed by atoms with E-state index in [0.29, 0.717) is 27.9 Å². The molecule has 0 saturated carbocycles. The molecule has 4 aromatic rings. The first kappa shape index (κ1) is 21.4. The van der Waals surface area contributed by atoms with E-state index in [1.165, 1.54) is 0 Å². The minimum absolute atomic E-state index is 0.345. The Morgan fingerprint density at radius 2 is 2.15 bits per heavy atom. The van der Waals surface area contributed by atoms with Crippen LogP contribution in [-0.4, -0.2) is 37.5 Å². The van der Waals surface area contributed by atoms with Crippen LogP contribution < -0.4 is 10.1 Å². The molecule has 0 radical (unpaired) electrons. The molecule has 2 atom stereocenters. The fraction of sp³-hybridized carbons (Fsp3) is 0.333. The maximum atomic E-state index is 9.60. The molecule has 1 fully saturated rings. The van der Waals surface area contributed by atoms with E-state index in [1.54, 1.807) is 23.0 Å². The normalized spacial score (nSPS) is 17.1. The van der Waals surface area contributed by atoms with Crippen molar-refractivity contribution in [2.45, 2.75) is 38.8 Å². The molecule has 0 spiro atoms. The highest BCUT2D eigenvalue weighted by molar-refractivity contribution is 6.30. The Labute approximate surface area is 196 Å². The lowest BCUT2D eigenvalue weighted by Gasteiger charge is -2.24. The molecule has 8 nitrogen and oxygen atoms in total. The van der Waals surface area contributed by atoms with Crippen molar-refractivity contribution in [2.24, 2.45) is 0 Å². The molecule has 0 aliphatic carbocycles. The van der Waals surface area contributed by atoms with Crippen molar-refractivity contribution in [3.8, 4) is 22.9 Å². The molecule has 1 aliphatic rings. The van der Waals surface area contributed by atoms with Gasteiger partial charge in [0.2, 0.25) is 0 Å². The summed E-state index contributed by atoms with van der Waals surface area (Å²) in [5, 5.41) is 22.7. The maximum absolute atomic E-state index is 9.60. The largest absolute Gasteiger partial charge is 0.482 e. The fourth-order valence-electron chi connectivity index (χ4n) is 4.40. The number of aromatic nitrogens is 5. The number of nitrogens with zero attached hydrogens (tertiary/aromatic N) is 6. The van der Waals surface area contributed by atoms with E-state index in [4.69, 9.17) is 21.4 Å². The molecular formula is C24H24ClN7O. The maximum Gasteiger partial charge on any atom is 0.148 e. The van der Waals surface area contributed by atoms with Crippen LogP contribution in [-0.2, 0) is 0 Å². The topological polar surface area (TPSA) is 93.1 Å². The predicted octanol–water partition coefficient (Wildman–Crippen LogP) is 4.49. The third-order valence-electron chi connectivity index (χ3n) is 6.14. The Hall–Kier alpha value is -3.41. The molecule has 0 bridgehead atoms. The van der Waals surface area contributed by atoms with Crippen LogP contribution in [0, 0.1) is 18.3 Å². The van der Waals surface area contributed by atoms with Crippen molar-refractivity contribution in [3.05, 3.63) is 65.0 Å². The number of rotatable bonds is 5. The summed E-state index contributed by atoms with van der Waals surface area (Å²) in [7, 11) is 0. The number of halogens is 1. The Kier molecular flexibility index (Phi) is 5.75. The average Bonchev–Trinajstić information content (AvgIpc) is 3.43. The first-order chi connectivity index (χ1) is 16.0. The van der Waals surface area contributed by atoms with Crippen molar-refractivity contribution in [2.75, 3.05) is 13.1 Å². The van der Waals surface area contributed by atoms with Crippen LogP contribution in [0.4, 0.5) is 0 Å². The number of hydrogen-bond acceptors (Lipinski definition) is 6. The van der Waals surface area contributed by atoms with Gasteiger partial charge in [0.1, 0.15) is 29.0 Å². The van der Waals surface area contributed by atoms with Crippen LogP contribution >= 0.6 is 11.6 Å². The zero-order valence-electron chi connectivity index (χ0n) is 18.5. The van der Waals surface area contributed by atoms with Gasteiger partial charge in [-0.25, -0.2) is 4.52 Å². The van der Waals surface area contributed by atoms with Gasteiger partial charge < -0.3 is 10.1 Å². The molecule has 5 rings (SSSR count). The molecular weight excluding hydrogens is 438 g/mol. The van der Waals surface area contributed by atoms with Crippen molar-refractivity contribution in [1.29, 1.82) is 5.26 Å². The summed E-state index contributed by atoms with van der Waals surface area (Å²) in [5.74, 6) is 0.567. The Morgan fingerprint density at radius 3 is 2.88 bits per heavy atom. The molecule has 0 amide bonds. The second kappa shape index (κ2) is 8.85. The van der Waals surface area contributed by atoms with Gasteiger partial charge >= 0.3 is 0 Å². The van der Waals surface area contributed by atoms with E-state index in [9.17, 15) is 5.26 Å². The molecule has 168 valence electrons. The SMILES string of the molecule is Cc1c(-c2cc(O[C@H](C)c3ccc(Cl)cn3)c3c(C#N)cnn3c2)cnn1[C@H]1CCCNC1. The lowest BCUT2D eigenvalue weighted by molar-refractivity contribution is 0.224. The highest BCUT2D eigenvalue weighted by atomic mass is 35.5. The molecule has 33 heavy (non-hydrogen) atoms. The van der Waals surface area contributed by atoms with Crippen molar-refractivity contribution in [1.82, 2.24) is 29.7 Å². The van der Waals surface area contributed by atoms with Gasteiger partial charge in [0.15, 0.2) is 0 Å². The second-order valence-corrected chi connectivity index (χ2v) is 8.74. The molecule has 1 aliphatic heterocycles. The van der Waals surface area contributed by atoms with Gasteiger partial charge in [-0.15, -0.1) is 0 Å². The van der Waals surface area contributed by atoms with E-state index >= 15 is 0 Å². The van der Waals surface area contributed by atoms with Crippen LogP contribution in [0.1, 0.15) is 48.9 Å². The number of ether oxygens (including phenoxy) is 1. The first-order valence-electron chi connectivity index (χ1n) is 11.0. The summed E-state index contributed by atoms with van der Waals surface area (Å²) >= 11 is 5.98. The number of nitrogens with one attached hydrogen (secondary N) is 1. The summed E-state index contributed by atoms with van der Waals surface area (Å²) in [5.41, 5.74) is 4.86. The highest BCUT2D eigenvalue weighted by Gasteiger charge is 2.22. The zero-order chi connectivity index (χ0) is 22.9. The number of piperidine rings is 1. The molecule has 9 heteroatoms. The number of pyridine rings is 2. The fourth-order valence-corrected chi connectivity index (χ4v) is 4.51. The predicted molar refractivity (Wildman–Crippen MR) is 125 cm³/mol. The number of fused-ring (bicyclic) bond motifs is 1. The summed E-state index contributed by atoms with van der Waals surface area (Å²) in [6, 6.07) is 8.13. The third kappa shape index (κ3) is 4.06. The minimum atomic E-state index is -0.347. The third-order valence-corrected chi connectivity index (χ3v) is 6.36. The molecule has 4 aromatic heterocycles. The van der Waals surface area contributed by atoms with Crippen LogP contribution in [0.25, 0.3) is 16.6 Å². The van der Waals surface area contributed by atoms with E-state index in [0.717, 1.165) is 48.4 Å². The van der Waals surface area contributed by atoms with E-state index in [-0.39, 0.29) is 6.10 Å². The van der Waals surface area contributed by atoms with E-state index in [1.807, 2.05) is 31.5 Å². The van der Waals surface area contributed by atoms with Gasteiger partial charge in [0.25, 0.3) is 0 Å². The first-order valence-corrected chi connectivity index (χ1v) is 11.4. The monoisotopic (exact) mass is 461 g/mol. The van der Waals surface area contributed by atoms with Crippen LogP contribution in [0.15, 0.2) is 43.0 Å². The Bertz CT molecular complexity index is 1330. The molecule has 1 saturated heterocycles. The van der Waals surface area contributed by atoms with Crippen LogP contribution in [0.5, 0.6) is 5.75 Å². The average molecular weight is 462 g/mol. The Morgan fingerprint density at radius 1 is 1.27 bits per heavy atom. The van der Waals surface area contributed by atoms with Crippen molar-refractivity contribution in [3.63, 3.8) is 0 Å². The quantitative estimate of drug-likeness (QED) is 0.470. The Balaban J connectivity index is 1.55. The standard InChI is InChI=1S/C24H24ClN7O/c1-15-21(13-30-32(15)20-4-3-7-27-12-20)17-8-23(24-18(9-26)10-29-31(24)14-17)33-16(2)22-6-5-19(25)11-28-22/h5-6,8,10-11,13-14,16,20,27H,3-4,7,12H2,1-2H3/t16-,20+/m1/s1. The van der Waals surface area contributed by atoms with Gasteiger partial charge in [0, 0.05) is 35.8 Å². The summed E-state index contributed by atoms with van der Waals surface area (Å²) in [6.07, 6.45) is 8.87. The summed E-state index contributed by atoms with van der Waals surface area (Å²) in [4.78, 5) is 4.37. The zero-order valence-corrected chi connectivity index (χ0v) is 19.3. The molecule has 0 aromatic carbocycles. The lowest BCUT2D eigenvalue weighted by Crippen LogP contribution is -2.32. The number of nitriles is 1. The lowest BCUT2D eigenvalue weighted by atomic mass is 10.1. The van der Waals surface area contributed by atoms with Crippen molar-refractivity contribution >= 4 is 17.1 Å². The van der Waals surface area contributed by atoms with Crippen LogP contribution in [0.2, 0.25) is 5.02 Å². The van der Waals surface area contributed by atoms with E-state index < -0.39 is 0 Å². The van der Waals surface area contributed by atoms with Gasteiger partial charge in [-0.3, -0.25) is 9.67 Å². The second-order valence-electron chi connectivity index (χ2n) is 8.31. The van der Waals surface area contributed by atoms with Crippen molar-refractivity contribution < 1.29 is 4.74 Å². The molecule has 1 N–H and O–H groups in total. The van der Waals surface area contributed by atoms with Gasteiger partial charge in [-0.05, 0) is 51.4 Å². The summed E-state index contributed by atoms with van der Waals surface area (Å²) in [6.45, 7) is 5.99. The van der Waals surface area contributed by atoms with Crippen LogP contribution in [0.3, 0.4) is 0 Å².